The molecule has 3 aromatic carbocycles. The Hall–Kier alpha value is -3.32. The Morgan fingerprint density at radius 1 is 1.00 bits per heavy atom. The molecule has 4 rings (SSSR count). The summed E-state index contributed by atoms with van der Waals surface area (Å²) in [5, 5.41) is 11.3. The number of rotatable bonds is 8. The fraction of sp³-hybridized carbons (Fsp3) is 0.174. The molecule has 0 atom stereocenters. The monoisotopic (exact) mass is 419 g/mol. The number of thioether (sulfide) groups is 1. The average molecular weight is 420 g/mol. The highest BCUT2D eigenvalue weighted by Crippen LogP contribution is 2.26. The highest BCUT2D eigenvalue weighted by Gasteiger charge is 2.14. The predicted molar refractivity (Wildman–Crippen MR) is 117 cm³/mol. The van der Waals surface area contributed by atoms with E-state index in [0.717, 1.165) is 22.3 Å². The molecule has 0 N–H and O–H groups in total. The molecular weight excluding hydrogens is 398 g/mol. The van der Waals surface area contributed by atoms with E-state index in [-0.39, 0.29) is 11.5 Å². The van der Waals surface area contributed by atoms with Gasteiger partial charge in [0.1, 0.15) is 18.1 Å². The number of ether oxygens (including phenoxy) is 2. The lowest BCUT2D eigenvalue weighted by molar-refractivity contribution is 0.102. The summed E-state index contributed by atoms with van der Waals surface area (Å²) in [7, 11) is 3.48. The van der Waals surface area contributed by atoms with E-state index in [9.17, 15) is 4.79 Å². The number of carbonyl (C=O) groups excluding carboxylic acids is 1. The second-order valence-corrected chi connectivity index (χ2v) is 7.61. The molecule has 0 aliphatic heterocycles. The molecule has 4 aromatic rings. The van der Waals surface area contributed by atoms with Crippen LogP contribution in [0.25, 0.3) is 10.8 Å². The van der Waals surface area contributed by atoms with E-state index in [1.807, 2.05) is 41.9 Å². The molecule has 152 valence electrons. The van der Waals surface area contributed by atoms with Crippen molar-refractivity contribution in [3.8, 4) is 11.5 Å². The fourth-order valence-electron chi connectivity index (χ4n) is 3.05. The summed E-state index contributed by atoms with van der Waals surface area (Å²) >= 11 is 1.36. The highest BCUT2D eigenvalue weighted by molar-refractivity contribution is 7.99. The molecule has 6 nitrogen and oxygen atoms in total. The molecule has 0 amide bonds. The molecule has 0 aliphatic carbocycles. The predicted octanol–water partition coefficient (Wildman–Crippen LogP) is 4.53. The standard InChI is InChI=1S/C23H21N3O3S/c1-26-22(14-29-21-9-5-7-16-6-3-4-8-19(16)21)24-25-23(26)30-15-20(27)17-10-12-18(28-2)13-11-17/h3-13H,14-15H2,1-2H3. The largest absolute Gasteiger partial charge is 0.497 e. The summed E-state index contributed by atoms with van der Waals surface area (Å²) in [6.45, 7) is 0.296. The molecule has 0 fully saturated rings. The van der Waals surface area contributed by atoms with Crippen LogP contribution in [-0.2, 0) is 13.7 Å². The van der Waals surface area contributed by atoms with Gasteiger partial charge in [-0.15, -0.1) is 10.2 Å². The average Bonchev–Trinajstić information content (AvgIpc) is 3.15. The van der Waals surface area contributed by atoms with Gasteiger partial charge in [0.2, 0.25) is 0 Å². The Morgan fingerprint density at radius 2 is 1.77 bits per heavy atom. The molecule has 7 heteroatoms. The number of methoxy groups -OCH3 is 1. The number of hydrogen-bond donors (Lipinski definition) is 0. The van der Waals surface area contributed by atoms with Gasteiger partial charge < -0.3 is 14.0 Å². The van der Waals surface area contributed by atoms with Gasteiger partial charge in [-0.25, -0.2) is 0 Å². The number of Topliss-reactive ketones (excluding diaryl/α,β-unsaturated/α-hetero) is 1. The van der Waals surface area contributed by atoms with Gasteiger partial charge in [0.25, 0.3) is 0 Å². The lowest BCUT2D eigenvalue weighted by Gasteiger charge is -2.09. The first-order valence-corrected chi connectivity index (χ1v) is 10.4. The van der Waals surface area contributed by atoms with Crippen molar-refractivity contribution in [2.75, 3.05) is 12.9 Å². The van der Waals surface area contributed by atoms with Crippen molar-refractivity contribution in [2.24, 2.45) is 7.05 Å². The van der Waals surface area contributed by atoms with Crippen LogP contribution in [0.15, 0.2) is 71.9 Å². The maximum atomic E-state index is 12.4. The van der Waals surface area contributed by atoms with E-state index in [2.05, 4.69) is 22.3 Å². The Labute approximate surface area is 178 Å². The van der Waals surface area contributed by atoms with Gasteiger partial charge in [-0.05, 0) is 35.7 Å². The van der Waals surface area contributed by atoms with E-state index in [1.54, 1.807) is 31.4 Å². The van der Waals surface area contributed by atoms with Gasteiger partial charge in [-0.3, -0.25) is 4.79 Å². The first-order chi connectivity index (χ1) is 14.7. The molecule has 0 saturated carbocycles. The third-order valence-electron chi connectivity index (χ3n) is 4.78. The van der Waals surface area contributed by atoms with Gasteiger partial charge in [0.05, 0.1) is 12.9 Å². The van der Waals surface area contributed by atoms with Crippen LogP contribution < -0.4 is 9.47 Å². The minimum atomic E-state index is 0.0270. The van der Waals surface area contributed by atoms with Crippen molar-refractivity contribution in [1.29, 1.82) is 0 Å². The van der Waals surface area contributed by atoms with Crippen molar-refractivity contribution in [3.05, 3.63) is 78.1 Å². The van der Waals surface area contributed by atoms with Crippen LogP contribution in [0.3, 0.4) is 0 Å². The third kappa shape index (κ3) is 4.31. The summed E-state index contributed by atoms with van der Waals surface area (Å²) in [6.07, 6.45) is 0. The molecule has 30 heavy (non-hydrogen) atoms. The van der Waals surface area contributed by atoms with Gasteiger partial charge in [0.15, 0.2) is 16.8 Å². The van der Waals surface area contributed by atoms with Crippen LogP contribution in [0.4, 0.5) is 0 Å². The first kappa shape index (κ1) is 20.0. The number of nitrogens with zero attached hydrogens (tertiary/aromatic N) is 3. The Kier molecular flexibility index (Phi) is 5.99. The van der Waals surface area contributed by atoms with Crippen molar-refractivity contribution in [2.45, 2.75) is 11.8 Å². The summed E-state index contributed by atoms with van der Waals surface area (Å²) in [4.78, 5) is 12.4. The Morgan fingerprint density at radius 3 is 2.57 bits per heavy atom. The summed E-state index contributed by atoms with van der Waals surface area (Å²) < 4.78 is 13.0. The Bertz CT molecular complexity index is 1170. The smallest absolute Gasteiger partial charge is 0.191 e. The van der Waals surface area contributed by atoms with E-state index < -0.39 is 0 Å². The van der Waals surface area contributed by atoms with Crippen molar-refractivity contribution < 1.29 is 14.3 Å². The molecule has 0 bridgehead atoms. The van der Waals surface area contributed by atoms with Crippen LogP contribution >= 0.6 is 11.8 Å². The zero-order valence-electron chi connectivity index (χ0n) is 16.7. The summed E-state index contributed by atoms with van der Waals surface area (Å²) in [5.41, 5.74) is 0.644. The van der Waals surface area contributed by atoms with Crippen LogP contribution in [0.2, 0.25) is 0 Å². The van der Waals surface area contributed by atoms with Crippen molar-refractivity contribution >= 4 is 28.3 Å². The van der Waals surface area contributed by atoms with Gasteiger partial charge >= 0.3 is 0 Å². The maximum absolute atomic E-state index is 12.4. The van der Waals surface area contributed by atoms with Gasteiger partial charge in [-0.1, -0.05) is 48.2 Å². The molecule has 0 aliphatic rings. The summed E-state index contributed by atoms with van der Waals surface area (Å²) in [5.74, 6) is 2.53. The van der Waals surface area contributed by atoms with Crippen LogP contribution in [0.5, 0.6) is 11.5 Å². The minimum absolute atomic E-state index is 0.0270. The van der Waals surface area contributed by atoms with Crippen LogP contribution in [-0.4, -0.2) is 33.4 Å². The van der Waals surface area contributed by atoms with Crippen molar-refractivity contribution in [1.82, 2.24) is 14.8 Å². The quantitative estimate of drug-likeness (QED) is 0.309. The second-order valence-electron chi connectivity index (χ2n) is 6.66. The number of ketones is 1. The summed E-state index contributed by atoms with van der Waals surface area (Å²) in [6, 6.07) is 21.2. The SMILES string of the molecule is COc1ccc(C(=O)CSc2nnc(COc3cccc4ccccc34)n2C)cc1. The van der Waals surface area contributed by atoms with Crippen LogP contribution in [0, 0.1) is 0 Å². The molecular formula is C23H21N3O3S. The van der Waals surface area contributed by atoms with Gasteiger partial charge in [0, 0.05) is 18.0 Å². The fourth-order valence-corrected chi connectivity index (χ4v) is 3.88. The second kappa shape index (κ2) is 9.00. The van der Waals surface area contributed by atoms with E-state index in [4.69, 9.17) is 9.47 Å². The topological polar surface area (TPSA) is 66.2 Å². The zero-order chi connectivity index (χ0) is 20.9. The molecule has 0 saturated heterocycles. The lowest BCUT2D eigenvalue weighted by atomic mass is 10.1. The maximum Gasteiger partial charge on any atom is 0.191 e. The van der Waals surface area contributed by atoms with E-state index >= 15 is 0 Å². The van der Waals surface area contributed by atoms with Crippen molar-refractivity contribution in [3.63, 3.8) is 0 Å². The first-order valence-electron chi connectivity index (χ1n) is 9.44. The van der Waals surface area contributed by atoms with E-state index in [1.165, 1.54) is 11.8 Å². The third-order valence-corrected chi connectivity index (χ3v) is 5.80. The number of carbonyl (C=O) groups is 1. The number of aromatic nitrogens is 3. The lowest BCUT2D eigenvalue weighted by Crippen LogP contribution is -2.06. The number of benzene rings is 3. The van der Waals surface area contributed by atoms with Crippen LogP contribution in [0.1, 0.15) is 16.2 Å². The van der Waals surface area contributed by atoms with Gasteiger partial charge in [-0.2, -0.15) is 0 Å². The Balaban J connectivity index is 1.39. The van der Waals surface area contributed by atoms with E-state index in [0.29, 0.717) is 23.2 Å². The number of fused-ring (bicyclic) bond motifs is 1. The number of hydrogen-bond acceptors (Lipinski definition) is 6. The normalized spacial score (nSPS) is 10.9. The molecule has 0 unspecified atom stereocenters. The minimum Gasteiger partial charge on any atom is -0.497 e. The zero-order valence-corrected chi connectivity index (χ0v) is 17.6. The molecule has 1 aromatic heterocycles. The molecule has 1 heterocycles. The highest BCUT2D eigenvalue weighted by atomic mass is 32.2. The molecule has 0 radical (unpaired) electrons. The molecule has 0 spiro atoms.